The maximum Gasteiger partial charge on any atom is 0.224 e. The number of carbonyl (C=O) groups excluding carboxylic acids is 1. The molecule has 0 aromatic heterocycles. The Bertz CT molecular complexity index is 293. The minimum absolute atomic E-state index is 0.00704. The van der Waals surface area contributed by atoms with E-state index in [2.05, 4.69) is 19.2 Å². The molecule has 0 aliphatic heterocycles. The van der Waals surface area contributed by atoms with Crippen molar-refractivity contribution in [3.8, 4) is 0 Å². The first kappa shape index (κ1) is 12.9. The highest BCUT2D eigenvalue weighted by Gasteiger charge is 2.60. The molecule has 0 heterocycles. The molecule has 2 atom stereocenters. The topological polar surface area (TPSA) is 29.1 Å². The first-order valence-electron chi connectivity index (χ1n) is 5.10. The van der Waals surface area contributed by atoms with Crippen LogP contribution in [0.15, 0.2) is 10.6 Å². The van der Waals surface area contributed by atoms with Crippen LogP contribution in [-0.4, -0.2) is 11.9 Å². The van der Waals surface area contributed by atoms with Gasteiger partial charge in [-0.25, -0.2) is 0 Å². The average molecular weight is 250 g/mol. The molecule has 15 heavy (non-hydrogen) atoms. The summed E-state index contributed by atoms with van der Waals surface area (Å²) in [4.78, 5) is 11.8. The number of nitrogens with one attached hydrogen (secondary N) is 1. The van der Waals surface area contributed by atoms with E-state index in [9.17, 15) is 4.79 Å². The maximum atomic E-state index is 11.8. The second-order valence-corrected chi connectivity index (χ2v) is 5.95. The van der Waals surface area contributed by atoms with Crippen molar-refractivity contribution in [3.05, 3.63) is 10.6 Å². The molecular weight excluding hydrogens is 233 g/mol. The minimum Gasteiger partial charge on any atom is -0.354 e. The Hall–Kier alpha value is -0.210. The fourth-order valence-electron chi connectivity index (χ4n) is 2.00. The molecule has 1 amide bonds. The molecule has 0 aromatic carbocycles. The van der Waals surface area contributed by atoms with Crippen LogP contribution in [0.5, 0.6) is 0 Å². The second kappa shape index (κ2) is 4.34. The van der Waals surface area contributed by atoms with Gasteiger partial charge in [0.2, 0.25) is 5.91 Å². The Morgan fingerprint density at radius 2 is 1.93 bits per heavy atom. The lowest BCUT2D eigenvalue weighted by Crippen LogP contribution is -2.32. The van der Waals surface area contributed by atoms with E-state index < -0.39 is 0 Å². The van der Waals surface area contributed by atoms with E-state index in [1.165, 1.54) is 0 Å². The Kier molecular flexibility index (Phi) is 3.72. The van der Waals surface area contributed by atoms with Gasteiger partial charge < -0.3 is 5.32 Å². The number of rotatable bonds is 3. The molecule has 4 heteroatoms. The normalized spacial score (nSPS) is 27.4. The minimum atomic E-state index is -0.0337. The van der Waals surface area contributed by atoms with E-state index in [0.717, 1.165) is 0 Å². The SMILES string of the molecule is CC(C)NC(=O)[C@@H]1[C@H](C=C(Cl)Cl)C1(C)C. The van der Waals surface area contributed by atoms with Crippen molar-refractivity contribution in [2.75, 3.05) is 0 Å². The summed E-state index contributed by atoms with van der Waals surface area (Å²) in [6, 6.07) is 0.171. The van der Waals surface area contributed by atoms with Gasteiger partial charge >= 0.3 is 0 Å². The molecule has 0 saturated heterocycles. The van der Waals surface area contributed by atoms with Crippen LogP contribution in [0.2, 0.25) is 0 Å². The maximum absolute atomic E-state index is 11.8. The van der Waals surface area contributed by atoms with Crippen molar-refractivity contribution in [3.63, 3.8) is 0 Å². The zero-order chi connectivity index (χ0) is 11.8. The van der Waals surface area contributed by atoms with Crippen LogP contribution in [-0.2, 0) is 4.79 Å². The first-order chi connectivity index (χ1) is 6.76. The lowest BCUT2D eigenvalue weighted by Gasteiger charge is -2.08. The summed E-state index contributed by atoms with van der Waals surface area (Å²) in [5.41, 5.74) is -0.0337. The second-order valence-electron chi connectivity index (χ2n) is 4.94. The number of amides is 1. The van der Waals surface area contributed by atoms with Gasteiger partial charge in [-0.15, -0.1) is 0 Å². The highest BCUT2D eigenvalue weighted by molar-refractivity contribution is 6.55. The van der Waals surface area contributed by atoms with Crippen LogP contribution < -0.4 is 5.32 Å². The van der Waals surface area contributed by atoms with Gasteiger partial charge in [0, 0.05) is 6.04 Å². The molecule has 0 bridgehead atoms. The summed E-state index contributed by atoms with van der Waals surface area (Å²) in [5.74, 6) is 0.236. The van der Waals surface area contributed by atoms with Crippen molar-refractivity contribution < 1.29 is 4.79 Å². The monoisotopic (exact) mass is 249 g/mol. The van der Waals surface area contributed by atoms with Crippen molar-refractivity contribution in [1.29, 1.82) is 0 Å². The van der Waals surface area contributed by atoms with Gasteiger partial charge in [-0.1, -0.05) is 37.0 Å². The molecule has 1 rings (SSSR count). The van der Waals surface area contributed by atoms with Gasteiger partial charge in [0.05, 0.1) is 5.92 Å². The molecule has 0 radical (unpaired) electrons. The standard InChI is InChI=1S/C11H17Cl2NO/c1-6(2)14-10(15)9-7(5-8(12)13)11(9,3)4/h5-7,9H,1-4H3,(H,14,15)/t7-,9-/m0/s1. The lowest BCUT2D eigenvalue weighted by molar-refractivity contribution is -0.123. The lowest BCUT2D eigenvalue weighted by atomic mass is 10.1. The largest absolute Gasteiger partial charge is 0.354 e. The number of halogens is 2. The Labute approximate surface area is 101 Å². The van der Waals surface area contributed by atoms with Crippen LogP contribution in [0.3, 0.4) is 0 Å². The molecule has 86 valence electrons. The summed E-state index contributed by atoms with van der Waals surface area (Å²) in [5, 5.41) is 2.91. The van der Waals surface area contributed by atoms with Crippen molar-refractivity contribution >= 4 is 29.1 Å². The van der Waals surface area contributed by atoms with Gasteiger partial charge in [0.25, 0.3) is 0 Å². The highest BCUT2D eigenvalue weighted by atomic mass is 35.5. The van der Waals surface area contributed by atoms with Crippen LogP contribution in [0, 0.1) is 17.3 Å². The third-order valence-corrected chi connectivity index (χ3v) is 3.18. The highest BCUT2D eigenvalue weighted by Crippen LogP contribution is 2.59. The number of hydrogen-bond acceptors (Lipinski definition) is 1. The van der Waals surface area contributed by atoms with E-state index in [1.54, 1.807) is 6.08 Å². The predicted octanol–water partition coefficient (Wildman–Crippen LogP) is 3.10. The van der Waals surface area contributed by atoms with E-state index in [1.807, 2.05) is 13.8 Å². The van der Waals surface area contributed by atoms with Crippen molar-refractivity contribution in [1.82, 2.24) is 5.32 Å². The fraction of sp³-hybridized carbons (Fsp3) is 0.727. The number of allylic oxidation sites excluding steroid dienone is 1. The average Bonchev–Trinajstić information content (AvgIpc) is 2.49. The van der Waals surface area contributed by atoms with Crippen LogP contribution >= 0.6 is 23.2 Å². The fourth-order valence-corrected chi connectivity index (χ4v) is 2.27. The summed E-state index contributed by atoms with van der Waals surface area (Å²) >= 11 is 11.2. The first-order valence-corrected chi connectivity index (χ1v) is 5.85. The van der Waals surface area contributed by atoms with Gasteiger partial charge in [-0.2, -0.15) is 0 Å². The van der Waals surface area contributed by atoms with E-state index in [-0.39, 0.29) is 33.7 Å². The molecular formula is C11H17Cl2NO. The van der Waals surface area contributed by atoms with Crippen LogP contribution in [0.4, 0.5) is 0 Å². The Balaban J connectivity index is 2.66. The number of hydrogen-bond donors (Lipinski definition) is 1. The molecule has 1 aliphatic rings. The van der Waals surface area contributed by atoms with Crippen molar-refractivity contribution in [2.24, 2.45) is 17.3 Å². The molecule has 0 spiro atoms. The van der Waals surface area contributed by atoms with E-state index >= 15 is 0 Å². The van der Waals surface area contributed by atoms with Gasteiger partial charge in [-0.3, -0.25) is 4.79 Å². The Morgan fingerprint density at radius 1 is 1.40 bits per heavy atom. The Morgan fingerprint density at radius 3 is 2.33 bits per heavy atom. The molecule has 1 N–H and O–H groups in total. The number of carbonyl (C=O) groups is 1. The summed E-state index contributed by atoms with van der Waals surface area (Å²) in [7, 11) is 0. The molecule has 0 unspecified atom stereocenters. The van der Waals surface area contributed by atoms with Gasteiger partial charge in [0.1, 0.15) is 4.49 Å². The third-order valence-electron chi connectivity index (χ3n) is 2.93. The molecule has 1 fully saturated rings. The zero-order valence-corrected chi connectivity index (χ0v) is 11.0. The van der Waals surface area contributed by atoms with Gasteiger partial charge in [-0.05, 0) is 31.3 Å². The zero-order valence-electron chi connectivity index (χ0n) is 9.47. The quantitative estimate of drug-likeness (QED) is 0.819. The van der Waals surface area contributed by atoms with Crippen LogP contribution in [0.1, 0.15) is 27.7 Å². The smallest absolute Gasteiger partial charge is 0.224 e. The molecule has 1 aliphatic carbocycles. The van der Waals surface area contributed by atoms with E-state index in [4.69, 9.17) is 23.2 Å². The molecule has 0 aromatic rings. The summed E-state index contributed by atoms with van der Waals surface area (Å²) in [6.07, 6.45) is 1.76. The summed E-state index contributed by atoms with van der Waals surface area (Å²) < 4.78 is 0.243. The third kappa shape index (κ3) is 2.88. The molecule has 1 saturated carbocycles. The van der Waals surface area contributed by atoms with Gasteiger partial charge in [0.15, 0.2) is 0 Å². The van der Waals surface area contributed by atoms with Crippen molar-refractivity contribution in [2.45, 2.75) is 33.7 Å². The van der Waals surface area contributed by atoms with E-state index in [0.29, 0.717) is 0 Å². The summed E-state index contributed by atoms with van der Waals surface area (Å²) in [6.45, 7) is 8.00. The molecule has 2 nitrogen and oxygen atoms in total. The van der Waals surface area contributed by atoms with Crippen LogP contribution in [0.25, 0.3) is 0 Å². The predicted molar refractivity (Wildman–Crippen MR) is 63.8 cm³/mol.